The molecule has 1 aliphatic rings. The number of allylic oxidation sites excluding steroid dienone is 1. The SMILES string of the molecule is CCc1ccc2c(c1)CC(C(C)(C)C)=C2. The first-order chi connectivity index (χ1) is 7.00. The van der Waals surface area contributed by atoms with E-state index in [9.17, 15) is 0 Å². The lowest BCUT2D eigenvalue weighted by molar-refractivity contribution is 0.498. The van der Waals surface area contributed by atoms with Crippen molar-refractivity contribution in [2.24, 2.45) is 5.41 Å². The smallest absolute Gasteiger partial charge is 0.00525 e. The zero-order chi connectivity index (χ0) is 11.1. The molecule has 0 heterocycles. The maximum absolute atomic E-state index is 2.37. The van der Waals surface area contributed by atoms with Gasteiger partial charge in [0.05, 0.1) is 0 Å². The third kappa shape index (κ3) is 1.99. The number of fused-ring (bicyclic) bond motifs is 1. The largest absolute Gasteiger partial charge is 0.0613 e. The zero-order valence-electron chi connectivity index (χ0n) is 10.2. The van der Waals surface area contributed by atoms with E-state index in [4.69, 9.17) is 0 Å². The number of aryl methyl sites for hydroxylation is 1. The molecule has 0 radical (unpaired) electrons. The molecule has 0 amide bonds. The van der Waals surface area contributed by atoms with E-state index >= 15 is 0 Å². The van der Waals surface area contributed by atoms with Gasteiger partial charge >= 0.3 is 0 Å². The van der Waals surface area contributed by atoms with Crippen LogP contribution in [0.4, 0.5) is 0 Å². The molecule has 0 N–H and O–H groups in total. The summed E-state index contributed by atoms with van der Waals surface area (Å²) in [7, 11) is 0. The van der Waals surface area contributed by atoms with Crippen molar-refractivity contribution in [2.75, 3.05) is 0 Å². The lowest BCUT2D eigenvalue weighted by atomic mass is 9.85. The molecule has 0 saturated heterocycles. The van der Waals surface area contributed by atoms with Crippen molar-refractivity contribution in [2.45, 2.75) is 40.5 Å². The van der Waals surface area contributed by atoms with Crippen molar-refractivity contribution in [1.82, 2.24) is 0 Å². The fourth-order valence-electron chi connectivity index (χ4n) is 2.10. The maximum atomic E-state index is 2.37. The summed E-state index contributed by atoms with van der Waals surface area (Å²) >= 11 is 0. The maximum Gasteiger partial charge on any atom is -0.00525 e. The molecule has 2 rings (SSSR count). The summed E-state index contributed by atoms with van der Waals surface area (Å²) in [5.41, 5.74) is 6.27. The van der Waals surface area contributed by atoms with E-state index in [2.05, 4.69) is 52.0 Å². The predicted molar refractivity (Wildman–Crippen MR) is 67.0 cm³/mol. The molecule has 0 bridgehead atoms. The van der Waals surface area contributed by atoms with Crippen molar-refractivity contribution in [3.8, 4) is 0 Å². The van der Waals surface area contributed by atoms with Gasteiger partial charge in [-0.15, -0.1) is 0 Å². The van der Waals surface area contributed by atoms with Gasteiger partial charge in [0.1, 0.15) is 0 Å². The molecule has 1 aliphatic carbocycles. The Hall–Kier alpha value is -1.04. The highest BCUT2D eigenvalue weighted by Gasteiger charge is 2.22. The monoisotopic (exact) mass is 200 g/mol. The summed E-state index contributed by atoms with van der Waals surface area (Å²) in [6.45, 7) is 9.11. The Labute approximate surface area is 93.0 Å². The van der Waals surface area contributed by atoms with Crippen LogP contribution in [0.3, 0.4) is 0 Å². The Morgan fingerprint density at radius 1 is 1.20 bits per heavy atom. The Kier molecular flexibility index (Phi) is 2.46. The Bertz CT molecular complexity index is 403. The summed E-state index contributed by atoms with van der Waals surface area (Å²) in [5, 5.41) is 0. The minimum Gasteiger partial charge on any atom is -0.0613 e. The summed E-state index contributed by atoms with van der Waals surface area (Å²) < 4.78 is 0. The summed E-state index contributed by atoms with van der Waals surface area (Å²) in [4.78, 5) is 0. The first-order valence-corrected chi connectivity index (χ1v) is 5.83. The second-order valence-corrected chi connectivity index (χ2v) is 5.48. The van der Waals surface area contributed by atoms with Gasteiger partial charge in [-0.2, -0.15) is 0 Å². The van der Waals surface area contributed by atoms with Crippen molar-refractivity contribution >= 4 is 6.08 Å². The van der Waals surface area contributed by atoms with Crippen molar-refractivity contribution < 1.29 is 0 Å². The van der Waals surface area contributed by atoms with Crippen LogP contribution < -0.4 is 0 Å². The molecule has 0 atom stereocenters. The van der Waals surface area contributed by atoms with Crippen LogP contribution in [0.25, 0.3) is 6.08 Å². The van der Waals surface area contributed by atoms with Crippen LogP contribution in [-0.4, -0.2) is 0 Å². The zero-order valence-corrected chi connectivity index (χ0v) is 10.2. The molecule has 0 fully saturated rings. The molecule has 0 nitrogen and oxygen atoms in total. The first kappa shape index (κ1) is 10.5. The fourth-order valence-corrected chi connectivity index (χ4v) is 2.10. The number of hydrogen-bond acceptors (Lipinski definition) is 0. The van der Waals surface area contributed by atoms with Crippen molar-refractivity contribution in [1.29, 1.82) is 0 Å². The van der Waals surface area contributed by atoms with Gasteiger partial charge in [-0.05, 0) is 34.9 Å². The van der Waals surface area contributed by atoms with Gasteiger partial charge in [-0.25, -0.2) is 0 Å². The molecule has 15 heavy (non-hydrogen) atoms. The van der Waals surface area contributed by atoms with Crippen molar-refractivity contribution in [3.63, 3.8) is 0 Å². The third-order valence-electron chi connectivity index (χ3n) is 3.29. The van der Waals surface area contributed by atoms with Gasteiger partial charge in [0.15, 0.2) is 0 Å². The van der Waals surface area contributed by atoms with Crippen LogP contribution in [0.5, 0.6) is 0 Å². The minimum absolute atomic E-state index is 0.311. The summed E-state index contributed by atoms with van der Waals surface area (Å²) in [6, 6.07) is 6.89. The van der Waals surface area contributed by atoms with E-state index in [1.807, 2.05) is 0 Å². The number of benzene rings is 1. The van der Waals surface area contributed by atoms with Gasteiger partial charge in [0, 0.05) is 0 Å². The molecular weight excluding hydrogens is 180 g/mol. The Balaban J connectivity index is 2.33. The molecule has 0 unspecified atom stereocenters. The lowest BCUT2D eigenvalue weighted by Crippen LogP contribution is -2.08. The lowest BCUT2D eigenvalue weighted by Gasteiger charge is -2.20. The van der Waals surface area contributed by atoms with E-state index < -0.39 is 0 Å². The average Bonchev–Trinajstić information content (AvgIpc) is 2.59. The van der Waals surface area contributed by atoms with Crippen LogP contribution in [-0.2, 0) is 12.8 Å². The van der Waals surface area contributed by atoms with E-state index in [1.165, 1.54) is 16.7 Å². The van der Waals surface area contributed by atoms with Gasteiger partial charge in [0.2, 0.25) is 0 Å². The standard InChI is InChI=1S/C15H20/c1-5-11-6-7-12-9-14(15(2,3)4)10-13(12)8-11/h6-9H,5,10H2,1-4H3. The van der Waals surface area contributed by atoms with E-state index in [-0.39, 0.29) is 0 Å². The van der Waals surface area contributed by atoms with Crippen LogP contribution in [0, 0.1) is 5.41 Å². The van der Waals surface area contributed by atoms with Crippen LogP contribution in [0.1, 0.15) is 44.4 Å². The average molecular weight is 200 g/mol. The molecule has 0 heteroatoms. The fraction of sp³-hybridized carbons (Fsp3) is 0.467. The highest BCUT2D eigenvalue weighted by atomic mass is 14.3. The molecule has 0 spiro atoms. The summed E-state index contributed by atoms with van der Waals surface area (Å²) in [5.74, 6) is 0. The Morgan fingerprint density at radius 3 is 2.53 bits per heavy atom. The normalized spacial score (nSPS) is 15.1. The molecule has 0 saturated carbocycles. The van der Waals surface area contributed by atoms with Crippen molar-refractivity contribution in [3.05, 3.63) is 40.5 Å². The van der Waals surface area contributed by atoms with Gasteiger partial charge in [-0.3, -0.25) is 0 Å². The van der Waals surface area contributed by atoms with E-state index in [0.29, 0.717) is 5.41 Å². The van der Waals surface area contributed by atoms with Crippen LogP contribution in [0.2, 0.25) is 0 Å². The molecule has 80 valence electrons. The van der Waals surface area contributed by atoms with Gasteiger partial charge in [-0.1, -0.05) is 57.5 Å². The van der Waals surface area contributed by atoms with E-state index in [1.54, 1.807) is 5.57 Å². The Morgan fingerprint density at radius 2 is 1.93 bits per heavy atom. The molecule has 1 aromatic rings. The number of rotatable bonds is 1. The second kappa shape index (κ2) is 3.52. The highest BCUT2D eigenvalue weighted by Crippen LogP contribution is 2.36. The first-order valence-electron chi connectivity index (χ1n) is 5.83. The summed E-state index contributed by atoms with van der Waals surface area (Å²) in [6.07, 6.45) is 4.65. The highest BCUT2D eigenvalue weighted by molar-refractivity contribution is 5.65. The van der Waals surface area contributed by atoms with Gasteiger partial charge in [0.25, 0.3) is 0 Å². The predicted octanol–water partition coefficient (Wildman–Crippen LogP) is 4.23. The van der Waals surface area contributed by atoms with Gasteiger partial charge < -0.3 is 0 Å². The molecule has 0 aliphatic heterocycles. The topological polar surface area (TPSA) is 0 Å². The minimum atomic E-state index is 0.311. The molecule has 0 aromatic heterocycles. The number of hydrogen-bond donors (Lipinski definition) is 0. The van der Waals surface area contributed by atoms with E-state index in [0.717, 1.165) is 12.8 Å². The third-order valence-corrected chi connectivity index (χ3v) is 3.29. The van der Waals surface area contributed by atoms with Crippen LogP contribution in [0.15, 0.2) is 23.8 Å². The molecular formula is C15H20. The quantitative estimate of drug-likeness (QED) is 0.636. The van der Waals surface area contributed by atoms with Crippen LogP contribution >= 0.6 is 0 Å². The second-order valence-electron chi connectivity index (χ2n) is 5.48. The molecule has 1 aromatic carbocycles.